The maximum atomic E-state index is 14.7. The Morgan fingerprint density at radius 1 is 1.17 bits per heavy atom. The lowest BCUT2D eigenvalue weighted by molar-refractivity contribution is 0.208. The van der Waals surface area contributed by atoms with Crippen molar-refractivity contribution in [1.82, 2.24) is 4.57 Å². The molecule has 2 aromatic carbocycles. The van der Waals surface area contributed by atoms with Gasteiger partial charge in [-0.15, -0.1) is 12.3 Å². The molecular formula is C37H38FN3O. The summed E-state index contributed by atoms with van der Waals surface area (Å²) >= 11 is 0. The summed E-state index contributed by atoms with van der Waals surface area (Å²) in [6.07, 6.45) is 6.50. The number of aliphatic imine (C=N–C) groups is 1. The van der Waals surface area contributed by atoms with E-state index in [2.05, 4.69) is 73.8 Å². The molecule has 0 radical (unpaired) electrons. The van der Waals surface area contributed by atoms with Crippen molar-refractivity contribution in [2.45, 2.75) is 60.0 Å². The quantitative estimate of drug-likeness (QED) is 0.184. The normalized spacial score (nSPS) is 19.1. The Labute approximate surface area is 247 Å². The van der Waals surface area contributed by atoms with Gasteiger partial charge in [0.05, 0.1) is 23.0 Å². The number of nitrogens with one attached hydrogen (secondary N) is 1. The van der Waals surface area contributed by atoms with Gasteiger partial charge in [0.25, 0.3) is 0 Å². The fourth-order valence-corrected chi connectivity index (χ4v) is 6.09. The van der Waals surface area contributed by atoms with Gasteiger partial charge in [-0.3, -0.25) is 9.79 Å². The molecule has 0 amide bonds. The van der Waals surface area contributed by atoms with E-state index in [4.69, 9.17) is 5.41 Å². The monoisotopic (exact) mass is 559 g/mol. The fraction of sp³-hybridized carbons (Fsp3) is 0.297. The van der Waals surface area contributed by atoms with Crippen LogP contribution >= 0.6 is 0 Å². The number of hydrogen-bond donors (Lipinski definition) is 1. The standard InChI is InChI=1S/C37H38FN3O/c1-8-23(3)40-36(24(4)39)30-21-41-31(20-32(30)42)35-27(19-33(41)37(5,6)7)15-16-29(25-12-9-11-22(2)17-25)34(35)26-13-10-14-28(38)18-26/h8-15,17-18,20-21,23,27,33,39H,1,19H2,2-7H3/t23?,27?,33-/m0/s1. The Kier molecular flexibility index (Phi) is 7.74. The van der Waals surface area contributed by atoms with Crippen LogP contribution < -0.4 is 5.43 Å². The molecule has 4 nitrogen and oxygen atoms in total. The van der Waals surface area contributed by atoms with Crippen LogP contribution in [-0.2, 0) is 0 Å². The van der Waals surface area contributed by atoms with E-state index >= 15 is 0 Å². The van der Waals surface area contributed by atoms with Gasteiger partial charge < -0.3 is 9.98 Å². The van der Waals surface area contributed by atoms with E-state index in [9.17, 15) is 9.18 Å². The predicted octanol–water partition coefficient (Wildman–Crippen LogP) is 8.47. The Hall–Kier alpha value is -4.34. The summed E-state index contributed by atoms with van der Waals surface area (Å²) in [5.41, 5.74) is 10.7. The lowest BCUT2D eigenvalue weighted by Gasteiger charge is -2.43. The van der Waals surface area contributed by atoms with Gasteiger partial charge in [0.2, 0.25) is 0 Å². The van der Waals surface area contributed by atoms with Crippen molar-refractivity contribution in [2.75, 3.05) is 0 Å². The molecule has 42 heavy (non-hydrogen) atoms. The SMILES string of the molecule is C=CC(C)N=C(C(C)=N)c1cn2c(cc1=O)C1=C(c3cccc(F)c3)C(c3cccc(C)c3)=C=CC1C[C@H]2C(C)(C)C. The smallest absolute Gasteiger partial charge is 0.191 e. The molecule has 0 fully saturated rings. The summed E-state index contributed by atoms with van der Waals surface area (Å²) in [7, 11) is 0. The number of hydrogen-bond acceptors (Lipinski definition) is 3. The van der Waals surface area contributed by atoms with Gasteiger partial charge in [-0.1, -0.05) is 68.8 Å². The highest BCUT2D eigenvalue weighted by Gasteiger charge is 2.39. The summed E-state index contributed by atoms with van der Waals surface area (Å²) in [4.78, 5) is 18.6. The second kappa shape index (κ2) is 11.2. The molecule has 3 atom stereocenters. The number of pyridine rings is 1. The fourth-order valence-electron chi connectivity index (χ4n) is 6.09. The summed E-state index contributed by atoms with van der Waals surface area (Å²) in [6.45, 7) is 16.0. The third kappa shape index (κ3) is 5.45. The van der Waals surface area contributed by atoms with Crippen LogP contribution in [0.2, 0.25) is 0 Å². The minimum absolute atomic E-state index is 0.00954. The summed E-state index contributed by atoms with van der Waals surface area (Å²) < 4.78 is 16.9. The van der Waals surface area contributed by atoms with Crippen molar-refractivity contribution < 1.29 is 4.39 Å². The van der Waals surface area contributed by atoms with E-state index in [1.54, 1.807) is 31.2 Å². The molecule has 0 saturated heterocycles. The van der Waals surface area contributed by atoms with Gasteiger partial charge >= 0.3 is 0 Å². The lowest BCUT2D eigenvalue weighted by atomic mass is 9.71. The number of aromatic nitrogens is 1. The molecule has 2 aliphatic rings. The highest BCUT2D eigenvalue weighted by atomic mass is 19.1. The third-order valence-corrected chi connectivity index (χ3v) is 8.19. The Morgan fingerprint density at radius 3 is 2.52 bits per heavy atom. The zero-order chi connectivity index (χ0) is 30.3. The summed E-state index contributed by atoms with van der Waals surface area (Å²) in [5, 5.41) is 8.44. The molecule has 0 saturated carbocycles. The Bertz CT molecular complexity index is 1790. The second-order valence-corrected chi connectivity index (χ2v) is 12.5. The first-order valence-corrected chi connectivity index (χ1v) is 14.5. The van der Waals surface area contributed by atoms with Gasteiger partial charge in [0.15, 0.2) is 5.43 Å². The molecule has 1 aliphatic heterocycles. The number of benzene rings is 2. The Balaban J connectivity index is 1.87. The zero-order valence-corrected chi connectivity index (χ0v) is 25.3. The molecule has 3 aromatic rings. The van der Waals surface area contributed by atoms with Gasteiger partial charge in [0, 0.05) is 41.1 Å². The minimum atomic E-state index is -0.315. The van der Waals surface area contributed by atoms with E-state index < -0.39 is 0 Å². The number of fused-ring (bicyclic) bond motifs is 3. The maximum absolute atomic E-state index is 14.7. The van der Waals surface area contributed by atoms with Gasteiger partial charge in [0.1, 0.15) is 5.82 Å². The topological polar surface area (TPSA) is 58.2 Å². The minimum Gasteiger partial charge on any atom is -0.343 e. The van der Waals surface area contributed by atoms with E-state index in [1.165, 1.54) is 6.07 Å². The first kappa shape index (κ1) is 29.2. The molecule has 1 N–H and O–H groups in total. The first-order chi connectivity index (χ1) is 19.9. The van der Waals surface area contributed by atoms with E-state index in [1.807, 2.05) is 25.3 Å². The number of allylic oxidation sites excluding steroid dienone is 3. The van der Waals surface area contributed by atoms with Crippen molar-refractivity contribution in [3.05, 3.63) is 129 Å². The van der Waals surface area contributed by atoms with Gasteiger partial charge in [-0.2, -0.15) is 0 Å². The van der Waals surface area contributed by atoms with Crippen molar-refractivity contribution in [3.8, 4) is 0 Å². The molecule has 5 rings (SSSR count). The van der Waals surface area contributed by atoms with Gasteiger partial charge in [-0.05, 0) is 67.5 Å². The van der Waals surface area contributed by atoms with Crippen LogP contribution in [0, 0.1) is 29.5 Å². The second-order valence-electron chi connectivity index (χ2n) is 12.5. The summed E-state index contributed by atoms with van der Waals surface area (Å²) in [5.74, 6) is -0.324. The molecular weight excluding hydrogens is 521 g/mol. The van der Waals surface area contributed by atoms with Crippen molar-refractivity contribution in [1.29, 1.82) is 5.41 Å². The van der Waals surface area contributed by atoms with Crippen LogP contribution in [0.15, 0.2) is 95.0 Å². The average molecular weight is 560 g/mol. The highest BCUT2D eigenvalue weighted by molar-refractivity contribution is 6.46. The summed E-state index contributed by atoms with van der Waals surface area (Å²) in [6, 6.07) is 16.4. The highest BCUT2D eigenvalue weighted by Crippen LogP contribution is 2.51. The van der Waals surface area contributed by atoms with Crippen LogP contribution in [-0.4, -0.2) is 22.0 Å². The van der Waals surface area contributed by atoms with Crippen LogP contribution in [0.4, 0.5) is 4.39 Å². The molecule has 2 unspecified atom stereocenters. The predicted molar refractivity (Wildman–Crippen MR) is 173 cm³/mol. The number of nitrogens with zero attached hydrogens (tertiary/aromatic N) is 2. The number of rotatable bonds is 6. The van der Waals surface area contributed by atoms with Crippen LogP contribution in [0.5, 0.6) is 0 Å². The first-order valence-electron chi connectivity index (χ1n) is 14.5. The zero-order valence-electron chi connectivity index (χ0n) is 25.3. The van der Waals surface area contributed by atoms with E-state index in [0.29, 0.717) is 11.3 Å². The largest absolute Gasteiger partial charge is 0.343 e. The molecule has 1 aromatic heterocycles. The molecule has 2 heterocycles. The number of aryl methyl sites for hydroxylation is 1. The van der Waals surface area contributed by atoms with Crippen molar-refractivity contribution in [3.63, 3.8) is 0 Å². The van der Waals surface area contributed by atoms with Gasteiger partial charge in [-0.25, -0.2) is 4.39 Å². The van der Waals surface area contributed by atoms with Crippen LogP contribution in [0.1, 0.15) is 75.0 Å². The third-order valence-electron chi connectivity index (χ3n) is 8.19. The Morgan fingerprint density at radius 2 is 1.88 bits per heavy atom. The van der Waals surface area contributed by atoms with Crippen molar-refractivity contribution >= 4 is 28.1 Å². The van der Waals surface area contributed by atoms with E-state index in [-0.39, 0.29) is 40.4 Å². The lowest BCUT2D eigenvalue weighted by Crippen LogP contribution is -2.36. The molecule has 1 aliphatic carbocycles. The number of halogens is 1. The maximum Gasteiger partial charge on any atom is 0.191 e. The van der Waals surface area contributed by atoms with E-state index in [0.717, 1.165) is 45.5 Å². The van der Waals surface area contributed by atoms with Crippen LogP contribution in [0.3, 0.4) is 0 Å². The van der Waals surface area contributed by atoms with Crippen LogP contribution in [0.25, 0.3) is 16.7 Å². The average Bonchev–Trinajstić information content (AvgIpc) is 2.93. The molecule has 5 heteroatoms. The molecule has 214 valence electrons. The molecule has 0 bridgehead atoms. The molecule has 0 spiro atoms. The van der Waals surface area contributed by atoms with Crippen molar-refractivity contribution in [2.24, 2.45) is 16.3 Å².